The second kappa shape index (κ2) is 4.57. The molecule has 3 heteroatoms. The van der Waals surface area contributed by atoms with Crippen molar-refractivity contribution in [2.24, 2.45) is 0 Å². The van der Waals surface area contributed by atoms with Gasteiger partial charge in [0.2, 0.25) is 0 Å². The lowest BCUT2D eigenvalue weighted by atomic mass is 9.94. The Labute approximate surface area is 111 Å². The fourth-order valence-corrected chi connectivity index (χ4v) is 2.57. The Bertz CT molecular complexity index is 622. The maximum Gasteiger partial charge on any atom is 0.126 e. The predicted molar refractivity (Wildman–Crippen MR) is 70.9 cm³/mol. The number of phenols is 1. The van der Waals surface area contributed by atoms with E-state index < -0.39 is 0 Å². The van der Waals surface area contributed by atoms with Crippen molar-refractivity contribution in [3.63, 3.8) is 0 Å². The van der Waals surface area contributed by atoms with Crippen molar-refractivity contribution in [1.29, 1.82) is 0 Å². The molecule has 2 aromatic rings. The molecule has 98 valence electrons. The van der Waals surface area contributed by atoms with Crippen LogP contribution in [0.5, 0.6) is 11.5 Å². The minimum absolute atomic E-state index is 0.118. The third kappa shape index (κ3) is 2.16. The summed E-state index contributed by atoms with van der Waals surface area (Å²) in [5.74, 6) is 0.832. The number of benzene rings is 2. The van der Waals surface area contributed by atoms with Gasteiger partial charge in [-0.25, -0.2) is 4.39 Å². The molecule has 0 saturated carbocycles. The molecule has 1 unspecified atom stereocenters. The van der Waals surface area contributed by atoms with Gasteiger partial charge in [-0.1, -0.05) is 12.1 Å². The van der Waals surface area contributed by atoms with Crippen LogP contribution in [-0.4, -0.2) is 5.11 Å². The molecule has 1 aliphatic heterocycles. The second-order valence-corrected chi connectivity index (χ2v) is 4.89. The lowest BCUT2D eigenvalue weighted by Crippen LogP contribution is -2.16. The van der Waals surface area contributed by atoms with Crippen LogP contribution in [-0.2, 0) is 6.42 Å². The van der Waals surface area contributed by atoms with E-state index in [2.05, 4.69) is 0 Å². The van der Waals surface area contributed by atoms with E-state index in [1.54, 1.807) is 31.2 Å². The number of hydrogen-bond donors (Lipinski definition) is 1. The number of aromatic hydroxyl groups is 1. The van der Waals surface area contributed by atoms with Crippen molar-refractivity contribution in [1.82, 2.24) is 0 Å². The first kappa shape index (κ1) is 12.0. The van der Waals surface area contributed by atoms with Crippen molar-refractivity contribution in [3.8, 4) is 11.5 Å². The summed E-state index contributed by atoms with van der Waals surface area (Å²) in [7, 11) is 0. The van der Waals surface area contributed by atoms with Crippen LogP contribution in [0.3, 0.4) is 0 Å². The summed E-state index contributed by atoms with van der Waals surface area (Å²) >= 11 is 0. The molecule has 0 saturated heterocycles. The molecule has 0 amide bonds. The van der Waals surface area contributed by atoms with Crippen LogP contribution in [0.15, 0.2) is 36.4 Å². The smallest absolute Gasteiger partial charge is 0.126 e. The van der Waals surface area contributed by atoms with Gasteiger partial charge in [0.1, 0.15) is 23.4 Å². The minimum atomic E-state index is -0.197. The highest BCUT2D eigenvalue weighted by Gasteiger charge is 2.23. The molecular formula is C16H15FO2. The SMILES string of the molecule is Cc1c(F)cccc1C1CCc2cc(O)ccc2O1. The normalized spacial score (nSPS) is 17.7. The fraction of sp³-hybridized carbons (Fsp3) is 0.250. The van der Waals surface area contributed by atoms with E-state index in [1.807, 2.05) is 6.07 Å². The van der Waals surface area contributed by atoms with Gasteiger partial charge in [0.05, 0.1) is 0 Å². The Morgan fingerprint density at radius 2 is 2.11 bits per heavy atom. The highest BCUT2D eigenvalue weighted by molar-refractivity contribution is 5.42. The van der Waals surface area contributed by atoms with Gasteiger partial charge < -0.3 is 9.84 Å². The first-order chi connectivity index (χ1) is 9.15. The monoisotopic (exact) mass is 258 g/mol. The number of fused-ring (bicyclic) bond motifs is 1. The quantitative estimate of drug-likeness (QED) is 0.840. The zero-order valence-electron chi connectivity index (χ0n) is 10.7. The van der Waals surface area contributed by atoms with Gasteiger partial charge in [0, 0.05) is 0 Å². The van der Waals surface area contributed by atoms with E-state index >= 15 is 0 Å². The largest absolute Gasteiger partial charge is 0.508 e. The van der Waals surface area contributed by atoms with Crippen LogP contribution in [0.4, 0.5) is 4.39 Å². The molecule has 19 heavy (non-hydrogen) atoms. The van der Waals surface area contributed by atoms with Gasteiger partial charge in [-0.2, -0.15) is 0 Å². The molecule has 0 radical (unpaired) electrons. The number of ether oxygens (including phenoxy) is 1. The maximum atomic E-state index is 13.6. The van der Waals surface area contributed by atoms with Gasteiger partial charge in [0.25, 0.3) is 0 Å². The molecule has 2 aromatic carbocycles. The van der Waals surface area contributed by atoms with Gasteiger partial charge >= 0.3 is 0 Å². The van der Waals surface area contributed by atoms with Crippen LogP contribution in [0.2, 0.25) is 0 Å². The van der Waals surface area contributed by atoms with Crippen LogP contribution in [0.25, 0.3) is 0 Å². The number of hydrogen-bond acceptors (Lipinski definition) is 2. The van der Waals surface area contributed by atoms with Crippen molar-refractivity contribution in [2.75, 3.05) is 0 Å². The molecule has 0 aliphatic carbocycles. The highest BCUT2D eigenvalue weighted by Crippen LogP contribution is 2.37. The lowest BCUT2D eigenvalue weighted by Gasteiger charge is -2.27. The zero-order valence-corrected chi connectivity index (χ0v) is 10.7. The Morgan fingerprint density at radius 1 is 1.26 bits per heavy atom. The fourth-order valence-electron chi connectivity index (χ4n) is 2.57. The standard InChI is InChI=1S/C16H15FO2/c1-10-13(3-2-4-14(10)17)16-7-5-11-9-12(18)6-8-15(11)19-16/h2-4,6,8-9,16,18H,5,7H2,1H3. The summed E-state index contributed by atoms with van der Waals surface area (Å²) in [6.07, 6.45) is 1.50. The molecule has 0 bridgehead atoms. The summed E-state index contributed by atoms with van der Waals surface area (Å²) in [5, 5.41) is 9.45. The second-order valence-electron chi connectivity index (χ2n) is 4.89. The minimum Gasteiger partial charge on any atom is -0.508 e. The van der Waals surface area contributed by atoms with E-state index in [1.165, 1.54) is 6.07 Å². The molecule has 0 spiro atoms. The Balaban J connectivity index is 1.93. The van der Waals surface area contributed by atoms with Crippen LogP contribution in [0.1, 0.15) is 29.2 Å². The maximum absolute atomic E-state index is 13.6. The third-order valence-corrected chi connectivity index (χ3v) is 3.65. The summed E-state index contributed by atoms with van der Waals surface area (Å²) in [5.41, 5.74) is 2.55. The van der Waals surface area contributed by atoms with Crippen molar-refractivity contribution >= 4 is 0 Å². The first-order valence-electron chi connectivity index (χ1n) is 6.38. The molecule has 1 atom stereocenters. The van der Waals surface area contributed by atoms with Gasteiger partial charge in [0.15, 0.2) is 0 Å². The highest BCUT2D eigenvalue weighted by atomic mass is 19.1. The third-order valence-electron chi connectivity index (χ3n) is 3.65. The van der Waals surface area contributed by atoms with E-state index in [0.717, 1.165) is 29.7 Å². The lowest BCUT2D eigenvalue weighted by molar-refractivity contribution is 0.175. The first-order valence-corrected chi connectivity index (χ1v) is 6.38. The molecule has 0 fully saturated rings. The van der Waals surface area contributed by atoms with E-state index in [-0.39, 0.29) is 17.7 Å². The van der Waals surface area contributed by atoms with E-state index in [0.29, 0.717) is 5.56 Å². The van der Waals surface area contributed by atoms with Crippen LogP contribution in [0, 0.1) is 12.7 Å². The molecule has 2 nitrogen and oxygen atoms in total. The molecule has 3 rings (SSSR count). The van der Waals surface area contributed by atoms with Crippen LogP contribution < -0.4 is 4.74 Å². The molecule has 0 aromatic heterocycles. The summed E-state index contributed by atoms with van der Waals surface area (Å²) in [4.78, 5) is 0. The average Bonchev–Trinajstić information content (AvgIpc) is 2.41. The van der Waals surface area contributed by atoms with Crippen molar-refractivity contribution < 1.29 is 14.2 Å². The van der Waals surface area contributed by atoms with E-state index in [9.17, 15) is 9.50 Å². The number of aryl methyl sites for hydroxylation is 1. The van der Waals surface area contributed by atoms with Gasteiger partial charge in [-0.3, -0.25) is 0 Å². The number of rotatable bonds is 1. The van der Waals surface area contributed by atoms with Crippen molar-refractivity contribution in [2.45, 2.75) is 25.9 Å². The van der Waals surface area contributed by atoms with Gasteiger partial charge in [-0.05, 0) is 60.7 Å². The van der Waals surface area contributed by atoms with Gasteiger partial charge in [-0.15, -0.1) is 0 Å². The Hall–Kier alpha value is -2.03. The summed E-state index contributed by atoms with van der Waals surface area (Å²) in [6.45, 7) is 1.78. The molecule has 1 N–H and O–H groups in total. The average molecular weight is 258 g/mol. The number of phenolic OH excluding ortho intramolecular Hbond substituents is 1. The molecule has 1 heterocycles. The topological polar surface area (TPSA) is 29.5 Å². The molecular weight excluding hydrogens is 243 g/mol. The zero-order chi connectivity index (χ0) is 13.4. The number of halogens is 1. The Morgan fingerprint density at radius 3 is 2.95 bits per heavy atom. The van der Waals surface area contributed by atoms with Crippen molar-refractivity contribution in [3.05, 3.63) is 58.9 Å². The Kier molecular flexibility index (Phi) is 2.90. The summed E-state index contributed by atoms with van der Waals surface area (Å²) < 4.78 is 19.5. The molecule has 1 aliphatic rings. The van der Waals surface area contributed by atoms with E-state index in [4.69, 9.17) is 4.74 Å². The summed E-state index contributed by atoms with van der Waals surface area (Å²) in [6, 6.07) is 10.2. The van der Waals surface area contributed by atoms with Crippen LogP contribution >= 0.6 is 0 Å². The predicted octanol–water partition coefficient (Wildman–Crippen LogP) is 3.91.